The van der Waals surface area contributed by atoms with Gasteiger partial charge in [0.1, 0.15) is 16.8 Å². The fourth-order valence-corrected chi connectivity index (χ4v) is 4.54. The van der Waals surface area contributed by atoms with E-state index in [9.17, 15) is 14.9 Å². The summed E-state index contributed by atoms with van der Waals surface area (Å²) in [4.78, 5) is 25.2. The highest BCUT2D eigenvalue weighted by atomic mass is 32.1. The Kier molecular flexibility index (Phi) is 6.32. The molecule has 1 aliphatic carbocycles. The Morgan fingerprint density at radius 2 is 1.89 bits per heavy atom. The second-order valence-corrected chi connectivity index (χ2v) is 7.85. The summed E-state index contributed by atoms with van der Waals surface area (Å²) in [7, 11) is 0. The van der Waals surface area contributed by atoms with Gasteiger partial charge in [0.25, 0.3) is 5.91 Å². The third kappa shape index (κ3) is 4.52. The lowest BCUT2D eigenvalue weighted by Gasteiger charge is -2.11. The number of ether oxygens (including phenoxy) is 2. The molecule has 0 saturated carbocycles. The fourth-order valence-electron chi connectivity index (χ4n) is 3.28. The molecule has 0 unspecified atom stereocenters. The van der Waals surface area contributed by atoms with Gasteiger partial charge in [0, 0.05) is 4.88 Å². The van der Waals surface area contributed by atoms with Crippen LogP contribution in [0.2, 0.25) is 0 Å². The van der Waals surface area contributed by atoms with Crippen molar-refractivity contribution in [3.63, 3.8) is 0 Å². The van der Waals surface area contributed by atoms with E-state index < -0.39 is 18.5 Å². The number of anilines is 1. The molecule has 0 fully saturated rings. The Morgan fingerprint density at radius 3 is 2.61 bits per heavy atom. The number of hydrogen-bond donors (Lipinski definition) is 1. The van der Waals surface area contributed by atoms with Gasteiger partial charge in [-0.05, 0) is 56.2 Å². The summed E-state index contributed by atoms with van der Waals surface area (Å²) in [5.41, 5.74) is 3.44. The third-order valence-corrected chi connectivity index (χ3v) is 5.85. The number of esters is 1. The lowest BCUT2D eigenvalue weighted by Crippen LogP contribution is -2.23. The number of hydrogen-bond acceptors (Lipinski definition) is 6. The van der Waals surface area contributed by atoms with Gasteiger partial charge in [-0.3, -0.25) is 4.79 Å². The predicted octanol–water partition coefficient (Wildman–Crippen LogP) is 3.68. The molecule has 0 saturated heterocycles. The number of benzene rings is 1. The molecular formula is C21H22N2O4S. The van der Waals surface area contributed by atoms with Gasteiger partial charge in [-0.2, -0.15) is 5.26 Å². The van der Waals surface area contributed by atoms with Gasteiger partial charge >= 0.3 is 5.97 Å². The molecule has 0 spiro atoms. The summed E-state index contributed by atoms with van der Waals surface area (Å²) in [5, 5.41) is 12.7. The predicted molar refractivity (Wildman–Crippen MR) is 107 cm³/mol. The zero-order valence-electron chi connectivity index (χ0n) is 16.0. The Hall–Kier alpha value is -2.85. The van der Waals surface area contributed by atoms with E-state index in [1.165, 1.54) is 11.3 Å². The van der Waals surface area contributed by atoms with E-state index in [0.29, 0.717) is 16.3 Å². The first-order valence-corrected chi connectivity index (χ1v) is 10.0. The smallest absolute Gasteiger partial charge is 0.344 e. The molecule has 7 heteroatoms. The number of nitrogens with one attached hydrogen (secondary N) is 1. The second-order valence-electron chi connectivity index (χ2n) is 6.75. The normalized spacial score (nSPS) is 12.6. The molecule has 2 aromatic rings. The molecule has 1 amide bonds. The van der Waals surface area contributed by atoms with Gasteiger partial charge < -0.3 is 14.8 Å². The summed E-state index contributed by atoms with van der Waals surface area (Å²) in [5.74, 6) is -0.439. The van der Waals surface area contributed by atoms with Crippen LogP contribution in [0.3, 0.4) is 0 Å². The molecule has 28 heavy (non-hydrogen) atoms. The summed E-state index contributed by atoms with van der Waals surface area (Å²) >= 11 is 1.44. The number of aryl methyl sites for hydroxylation is 3. The van der Waals surface area contributed by atoms with Crippen LogP contribution < -0.4 is 10.1 Å². The highest BCUT2D eigenvalue weighted by Gasteiger charge is 2.22. The maximum absolute atomic E-state index is 12.1. The van der Waals surface area contributed by atoms with Crippen LogP contribution >= 0.6 is 11.3 Å². The summed E-state index contributed by atoms with van der Waals surface area (Å²) in [6, 6.07) is 7.90. The Balaban J connectivity index is 1.51. The molecule has 0 bridgehead atoms. The molecule has 0 atom stereocenters. The monoisotopic (exact) mass is 398 g/mol. The van der Waals surface area contributed by atoms with Crippen LogP contribution in [0.5, 0.6) is 5.75 Å². The van der Waals surface area contributed by atoms with Crippen molar-refractivity contribution in [1.82, 2.24) is 0 Å². The minimum absolute atomic E-state index is 0.268. The zero-order chi connectivity index (χ0) is 20.1. The van der Waals surface area contributed by atoms with Crippen molar-refractivity contribution in [2.45, 2.75) is 39.5 Å². The van der Waals surface area contributed by atoms with Crippen LogP contribution in [-0.4, -0.2) is 25.1 Å². The lowest BCUT2D eigenvalue weighted by molar-refractivity contribution is -0.149. The van der Waals surface area contributed by atoms with Crippen LogP contribution in [0, 0.1) is 25.2 Å². The molecule has 146 valence electrons. The van der Waals surface area contributed by atoms with Crippen molar-refractivity contribution in [1.29, 1.82) is 5.26 Å². The molecule has 6 nitrogen and oxygen atoms in total. The highest BCUT2D eigenvalue weighted by Crippen LogP contribution is 2.37. The molecule has 1 aliphatic rings. The van der Waals surface area contributed by atoms with Crippen molar-refractivity contribution in [2.75, 3.05) is 18.5 Å². The maximum Gasteiger partial charge on any atom is 0.344 e. The molecule has 0 radical (unpaired) electrons. The number of para-hydroxylation sites is 1. The fraction of sp³-hybridized carbons (Fsp3) is 0.381. The first-order chi connectivity index (χ1) is 13.5. The number of thiophene rings is 1. The van der Waals surface area contributed by atoms with Crippen molar-refractivity contribution < 1.29 is 19.1 Å². The first kappa shape index (κ1) is 19.9. The summed E-state index contributed by atoms with van der Waals surface area (Å²) < 4.78 is 10.5. The zero-order valence-corrected chi connectivity index (χ0v) is 16.8. The summed E-state index contributed by atoms with van der Waals surface area (Å²) in [6.07, 6.45) is 3.97. The number of carbonyl (C=O) groups is 2. The number of nitriles is 1. The molecule has 1 aromatic carbocycles. The van der Waals surface area contributed by atoms with Gasteiger partial charge in [-0.15, -0.1) is 11.3 Å². The van der Waals surface area contributed by atoms with Crippen molar-refractivity contribution in [3.05, 3.63) is 45.3 Å². The Morgan fingerprint density at radius 1 is 1.18 bits per heavy atom. The topological polar surface area (TPSA) is 88.4 Å². The number of fused-ring (bicyclic) bond motifs is 1. The van der Waals surface area contributed by atoms with E-state index in [-0.39, 0.29) is 6.61 Å². The molecule has 1 N–H and O–H groups in total. The molecule has 3 rings (SSSR count). The highest BCUT2D eigenvalue weighted by molar-refractivity contribution is 7.16. The minimum atomic E-state index is -0.621. The van der Waals surface area contributed by atoms with E-state index in [4.69, 9.17) is 9.47 Å². The molecule has 0 aliphatic heterocycles. The van der Waals surface area contributed by atoms with Gasteiger partial charge in [-0.1, -0.05) is 18.2 Å². The van der Waals surface area contributed by atoms with E-state index in [1.54, 1.807) is 0 Å². The lowest BCUT2D eigenvalue weighted by atomic mass is 9.96. The van der Waals surface area contributed by atoms with Crippen LogP contribution in [-0.2, 0) is 27.2 Å². The average Bonchev–Trinajstić information content (AvgIpc) is 3.02. The molecule has 1 aromatic heterocycles. The number of rotatable bonds is 6. The SMILES string of the molecule is Cc1cccc(C)c1OCC(=O)OCC(=O)Nc1sc2c(c1C#N)CCCC2. The van der Waals surface area contributed by atoms with Gasteiger partial charge in [-0.25, -0.2) is 4.79 Å². The molecule has 1 heterocycles. The van der Waals surface area contributed by atoms with E-state index in [0.717, 1.165) is 47.3 Å². The summed E-state index contributed by atoms with van der Waals surface area (Å²) in [6.45, 7) is 3.11. The molecular weight excluding hydrogens is 376 g/mol. The Labute approximate surface area is 168 Å². The number of carbonyl (C=O) groups excluding carboxylic acids is 2. The van der Waals surface area contributed by atoms with Crippen molar-refractivity contribution in [3.8, 4) is 11.8 Å². The van der Waals surface area contributed by atoms with E-state index in [2.05, 4.69) is 11.4 Å². The van der Waals surface area contributed by atoms with Gasteiger partial charge in [0.05, 0.1) is 5.56 Å². The largest absolute Gasteiger partial charge is 0.481 e. The van der Waals surface area contributed by atoms with Crippen LogP contribution in [0.4, 0.5) is 5.00 Å². The maximum atomic E-state index is 12.1. The number of amides is 1. The second kappa shape index (κ2) is 8.89. The minimum Gasteiger partial charge on any atom is -0.481 e. The number of nitrogens with zero attached hydrogens (tertiary/aromatic N) is 1. The average molecular weight is 398 g/mol. The van der Waals surface area contributed by atoms with Gasteiger partial charge in [0.15, 0.2) is 13.2 Å². The quantitative estimate of drug-likeness (QED) is 0.750. The van der Waals surface area contributed by atoms with Crippen LogP contribution in [0.15, 0.2) is 18.2 Å². The van der Waals surface area contributed by atoms with E-state index >= 15 is 0 Å². The van der Waals surface area contributed by atoms with Crippen molar-refractivity contribution >= 4 is 28.2 Å². The van der Waals surface area contributed by atoms with Crippen LogP contribution in [0.1, 0.15) is 40.0 Å². The van der Waals surface area contributed by atoms with Gasteiger partial charge in [0.2, 0.25) is 0 Å². The Bertz CT molecular complexity index is 922. The first-order valence-electron chi connectivity index (χ1n) is 9.18. The third-order valence-electron chi connectivity index (χ3n) is 4.64. The van der Waals surface area contributed by atoms with E-state index in [1.807, 2.05) is 32.0 Å². The van der Waals surface area contributed by atoms with Crippen LogP contribution in [0.25, 0.3) is 0 Å². The van der Waals surface area contributed by atoms with Crippen molar-refractivity contribution in [2.24, 2.45) is 0 Å². The standard InChI is InChI=1S/C21H22N2O4S/c1-13-6-5-7-14(2)20(13)27-12-19(25)26-11-18(24)23-21-16(10-22)15-8-3-4-9-17(15)28-21/h5-7H,3-4,8-9,11-12H2,1-2H3,(H,23,24).